The molecule has 1 aromatic heterocycles. The zero-order valence-corrected chi connectivity index (χ0v) is 10.2. The lowest BCUT2D eigenvalue weighted by Gasteiger charge is -2.16. The molecule has 78 valence electrons. The van der Waals surface area contributed by atoms with Crippen molar-refractivity contribution in [3.63, 3.8) is 0 Å². The molecule has 0 saturated heterocycles. The van der Waals surface area contributed by atoms with Gasteiger partial charge in [-0.25, -0.2) is 0 Å². The molecule has 0 atom stereocenters. The summed E-state index contributed by atoms with van der Waals surface area (Å²) in [7, 11) is 0. The molecule has 0 aliphatic heterocycles. The van der Waals surface area contributed by atoms with E-state index in [-0.39, 0.29) is 5.24 Å². The maximum absolute atomic E-state index is 11.6. The average Bonchev–Trinajstić information content (AvgIpc) is 2.53. The number of aromatic nitrogens is 2. The summed E-state index contributed by atoms with van der Waals surface area (Å²) in [6.45, 7) is 5.26. The standard InChI is InChI=1S/C7H10ClN3OS2/c1-3-11(4-2)7(12)13-6-9-5(8)14-10-6/h3-4H2,1-2H3. The summed E-state index contributed by atoms with van der Waals surface area (Å²) in [6, 6.07) is 0. The van der Waals surface area contributed by atoms with E-state index in [9.17, 15) is 4.79 Å². The van der Waals surface area contributed by atoms with Crippen molar-refractivity contribution in [1.82, 2.24) is 14.3 Å². The summed E-state index contributed by atoms with van der Waals surface area (Å²) in [5, 5.41) is 0.390. The molecule has 7 heteroatoms. The average molecular weight is 252 g/mol. The molecule has 0 aliphatic carbocycles. The maximum Gasteiger partial charge on any atom is 0.289 e. The molecule has 1 heterocycles. The Hall–Kier alpha value is -0.330. The highest BCUT2D eigenvalue weighted by Crippen LogP contribution is 2.22. The second kappa shape index (κ2) is 5.53. The van der Waals surface area contributed by atoms with Gasteiger partial charge in [0.1, 0.15) is 0 Å². The third-order valence-electron chi connectivity index (χ3n) is 1.58. The van der Waals surface area contributed by atoms with Gasteiger partial charge in [-0.05, 0) is 37.0 Å². The fourth-order valence-corrected chi connectivity index (χ4v) is 2.41. The molecule has 0 N–H and O–H groups in total. The first kappa shape index (κ1) is 11.7. The number of carbonyl (C=O) groups is 1. The van der Waals surface area contributed by atoms with Gasteiger partial charge in [0, 0.05) is 24.9 Å². The Bertz CT molecular complexity index is 314. The molecular formula is C7H10ClN3OS2. The Morgan fingerprint density at radius 3 is 2.64 bits per heavy atom. The van der Waals surface area contributed by atoms with Crippen LogP contribution in [0, 0.1) is 0 Å². The monoisotopic (exact) mass is 251 g/mol. The summed E-state index contributed by atoms with van der Waals surface area (Å²) in [5.41, 5.74) is 0. The van der Waals surface area contributed by atoms with Gasteiger partial charge in [-0.2, -0.15) is 9.36 Å². The van der Waals surface area contributed by atoms with Crippen LogP contribution >= 0.6 is 34.9 Å². The smallest absolute Gasteiger partial charge is 0.289 e. The number of hydrogen-bond acceptors (Lipinski definition) is 5. The van der Waals surface area contributed by atoms with Crippen LogP contribution in [0.1, 0.15) is 13.8 Å². The Kier molecular flexibility index (Phi) is 4.64. The van der Waals surface area contributed by atoms with Gasteiger partial charge < -0.3 is 4.90 Å². The van der Waals surface area contributed by atoms with Gasteiger partial charge in [0.15, 0.2) is 0 Å². The van der Waals surface area contributed by atoms with Gasteiger partial charge in [0.2, 0.25) is 9.62 Å². The van der Waals surface area contributed by atoms with Crippen LogP contribution in [0.3, 0.4) is 0 Å². The zero-order chi connectivity index (χ0) is 10.6. The fourth-order valence-electron chi connectivity index (χ4n) is 0.859. The van der Waals surface area contributed by atoms with Crippen molar-refractivity contribution in [1.29, 1.82) is 0 Å². The predicted molar refractivity (Wildman–Crippen MR) is 59.1 cm³/mol. The number of hydrogen-bond donors (Lipinski definition) is 0. The maximum atomic E-state index is 11.6. The molecule has 0 bridgehead atoms. The summed E-state index contributed by atoms with van der Waals surface area (Å²) >= 11 is 7.70. The summed E-state index contributed by atoms with van der Waals surface area (Å²) in [4.78, 5) is 17.2. The lowest BCUT2D eigenvalue weighted by molar-refractivity contribution is 0.228. The number of halogens is 1. The second-order valence-corrected chi connectivity index (χ2v) is 4.62. The van der Waals surface area contributed by atoms with E-state index in [2.05, 4.69) is 9.36 Å². The summed E-state index contributed by atoms with van der Waals surface area (Å²) < 4.78 is 4.28. The minimum Gasteiger partial charge on any atom is -0.334 e. The van der Waals surface area contributed by atoms with Gasteiger partial charge in [0.25, 0.3) is 5.24 Å². The van der Waals surface area contributed by atoms with Crippen LogP contribution in [0.2, 0.25) is 4.47 Å². The quantitative estimate of drug-likeness (QED) is 0.775. The Balaban J connectivity index is 2.56. The number of nitrogens with zero attached hydrogens (tertiary/aromatic N) is 3. The van der Waals surface area contributed by atoms with Crippen molar-refractivity contribution in [3.05, 3.63) is 4.47 Å². The van der Waals surface area contributed by atoms with E-state index in [4.69, 9.17) is 11.6 Å². The van der Waals surface area contributed by atoms with Crippen LogP contribution in [0.5, 0.6) is 0 Å². The van der Waals surface area contributed by atoms with Crippen LogP contribution in [0.25, 0.3) is 0 Å². The van der Waals surface area contributed by atoms with Crippen LogP contribution in [-0.2, 0) is 0 Å². The molecule has 0 saturated carbocycles. The van der Waals surface area contributed by atoms with Gasteiger partial charge >= 0.3 is 0 Å². The molecule has 0 aromatic carbocycles. The summed E-state index contributed by atoms with van der Waals surface area (Å²) in [5.74, 6) is 0. The molecule has 1 aromatic rings. The molecule has 0 spiro atoms. The first-order chi connectivity index (χ1) is 6.67. The van der Waals surface area contributed by atoms with Gasteiger partial charge in [-0.1, -0.05) is 0 Å². The van der Waals surface area contributed by atoms with Crippen molar-refractivity contribution in [2.75, 3.05) is 13.1 Å². The minimum atomic E-state index is -0.0375. The van der Waals surface area contributed by atoms with Crippen LogP contribution in [-0.4, -0.2) is 32.6 Å². The highest BCUT2D eigenvalue weighted by Gasteiger charge is 2.14. The highest BCUT2D eigenvalue weighted by atomic mass is 35.5. The third kappa shape index (κ3) is 3.11. The third-order valence-corrected chi connectivity index (χ3v) is 3.29. The van der Waals surface area contributed by atoms with Crippen molar-refractivity contribution >= 4 is 40.1 Å². The number of thioether (sulfide) groups is 1. The summed E-state index contributed by atoms with van der Waals surface area (Å²) in [6.07, 6.45) is 0. The Morgan fingerprint density at radius 2 is 2.21 bits per heavy atom. The lowest BCUT2D eigenvalue weighted by atomic mass is 10.6. The number of rotatable bonds is 3. The normalized spacial score (nSPS) is 10.2. The second-order valence-electron chi connectivity index (χ2n) is 2.37. The first-order valence-corrected chi connectivity index (χ1v) is 6.10. The van der Waals surface area contributed by atoms with Crippen LogP contribution in [0.15, 0.2) is 5.16 Å². The molecule has 4 nitrogen and oxygen atoms in total. The van der Waals surface area contributed by atoms with E-state index in [1.54, 1.807) is 4.90 Å². The molecule has 0 aliphatic rings. The van der Waals surface area contributed by atoms with E-state index in [0.717, 1.165) is 23.3 Å². The molecule has 0 fully saturated rings. The van der Waals surface area contributed by atoms with Crippen molar-refractivity contribution < 1.29 is 4.79 Å². The van der Waals surface area contributed by atoms with Crippen molar-refractivity contribution in [2.45, 2.75) is 19.0 Å². The number of carbonyl (C=O) groups excluding carboxylic acids is 1. The van der Waals surface area contributed by atoms with E-state index in [0.29, 0.717) is 22.7 Å². The van der Waals surface area contributed by atoms with E-state index >= 15 is 0 Å². The Labute approximate surface area is 95.8 Å². The lowest BCUT2D eigenvalue weighted by Crippen LogP contribution is -2.26. The topological polar surface area (TPSA) is 46.1 Å². The van der Waals surface area contributed by atoms with Gasteiger partial charge in [0.05, 0.1) is 0 Å². The molecule has 0 radical (unpaired) electrons. The first-order valence-electron chi connectivity index (χ1n) is 4.13. The highest BCUT2D eigenvalue weighted by molar-refractivity contribution is 8.13. The van der Waals surface area contributed by atoms with Gasteiger partial charge in [-0.15, -0.1) is 0 Å². The van der Waals surface area contributed by atoms with Crippen molar-refractivity contribution in [2.24, 2.45) is 0 Å². The number of amides is 1. The van der Waals surface area contributed by atoms with E-state index in [1.165, 1.54) is 0 Å². The molecule has 1 amide bonds. The largest absolute Gasteiger partial charge is 0.334 e. The molecule has 14 heavy (non-hydrogen) atoms. The van der Waals surface area contributed by atoms with Crippen LogP contribution < -0.4 is 0 Å². The van der Waals surface area contributed by atoms with Gasteiger partial charge in [-0.3, -0.25) is 4.79 Å². The minimum absolute atomic E-state index is 0.0375. The van der Waals surface area contributed by atoms with Crippen molar-refractivity contribution in [3.8, 4) is 0 Å². The molecule has 0 unspecified atom stereocenters. The van der Waals surface area contributed by atoms with E-state index in [1.807, 2.05) is 13.8 Å². The molecular weight excluding hydrogens is 242 g/mol. The SMILES string of the molecule is CCN(CC)C(=O)Sc1nsc(Cl)n1. The Morgan fingerprint density at radius 1 is 1.57 bits per heavy atom. The van der Waals surface area contributed by atoms with E-state index < -0.39 is 0 Å². The molecule has 1 rings (SSSR count). The predicted octanol–water partition coefficient (Wildman–Crippen LogP) is 2.75. The zero-order valence-electron chi connectivity index (χ0n) is 7.86. The van der Waals surface area contributed by atoms with Crippen LogP contribution in [0.4, 0.5) is 4.79 Å². The fraction of sp³-hybridized carbons (Fsp3) is 0.571.